The van der Waals surface area contributed by atoms with E-state index in [1.54, 1.807) is 30.5 Å². The third-order valence-corrected chi connectivity index (χ3v) is 3.20. The van der Waals surface area contributed by atoms with Crippen LogP contribution in [0, 0.1) is 0 Å². The first kappa shape index (κ1) is 18.5. The van der Waals surface area contributed by atoms with E-state index in [-0.39, 0.29) is 12.0 Å². The Bertz CT molecular complexity index is 709. The number of nitrogens with zero attached hydrogens (tertiary/aromatic N) is 1. The summed E-state index contributed by atoms with van der Waals surface area (Å²) in [6.07, 6.45) is 2.64. The lowest BCUT2D eigenvalue weighted by molar-refractivity contribution is 0.0955. The Morgan fingerprint density at radius 1 is 1.16 bits per heavy atom. The van der Waals surface area contributed by atoms with Gasteiger partial charge >= 0.3 is 0 Å². The number of benzene rings is 2. The molecule has 0 saturated heterocycles. The van der Waals surface area contributed by atoms with Gasteiger partial charge in [-0.1, -0.05) is 19.1 Å². The lowest BCUT2D eigenvalue weighted by atomic mass is 10.2. The molecule has 0 unspecified atom stereocenters. The van der Waals surface area contributed by atoms with Gasteiger partial charge in [0.2, 0.25) is 0 Å². The smallest absolute Gasteiger partial charge is 0.271 e. The molecule has 0 aliphatic heterocycles. The van der Waals surface area contributed by atoms with E-state index in [4.69, 9.17) is 9.47 Å². The van der Waals surface area contributed by atoms with Crippen LogP contribution in [0.1, 0.15) is 43.1 Å². The highest BCUT2D eigenvalue weighted by Crippen LogP contribution is 2.14. The molecule has 2 aromatic rings. The minimum atomic E-state index is -0.270. The fourth-order valence-corrected chi connectivity index (χ4v) is 2.09. The van der Waals surface area contributed by atoms with Gasteiger partial charge in [-0.05, 0) is 62.2 Å². The van der Waals surface area contributed by atoms with Crippen molar-refractivity contribution in [3.05, 3.63) is 59.7 Å². The van der Waals surface area contributed by atoms with E-state index in [0.717, 1.165) is 23.5 Å². The van der Waals surface area contributed by atoms with Crippen LogP contribution in [0.5, 0.6) is 11.5 Å². The zero-order valence-electron chi connectivity index (χ0n) is 14.9. The SMILES string of the molecule is CCCOc1ccc(C(=O)N/N=C/c2cccc(OC(C)C)c2)cc1. The van der Waals surface area contributed by atoms with Gasteiger partial charge in [-0.2, -0.15) is 5.10 Å². The monoisotopic (exact) mass is 340 g/mol. The summed E-state index contributed by atoms with van der Waals surface area (Å²) in [5, 5.41) is 4.00. The highest BCUT2D eigenvalue weighted by atomic mass is 16.5. The number of hydrazone groups is 1. The molecule has 25 heavy (non-hydrogen) atoms. The standard InChI is InChI=1S/C20H24N2O3/c1-4-12-24-18-10-8-17(9-11-18)20(23)22-21-14-16-6-5-7-19(13-16)25-15(2)3/h5-11,13-15H,4,12H2,1-3H3,(H,22,23)/b21-14+. The van der Waals surface area contributed by atoms with Crippen molar-refractivity contribution in [2.45, 2.75) is 33.3 Å². The summed E-state index contributed by atoms with van der Waals surface area (Å²) in [6.45, 7) is 6.65. The normalized spacial score (nSPS) is 10.9. The van der Waals surface area contributed by atoms with E-state index >= 15 is 0 Å². The molecule has 5 heteroatoms. The second kappa shape index (κ2) is 9.47. The van der Waals surface area contributed by atoms with Gasteiger partial charge in [0.25, 0.3) is 5.91 Å². The Morgan fingerprint density at radius 3 is 2.60 bits per heavy atom. The molecule has 0 atom stereocenters. The largest absolute Gasteiger partial charge is 0.494 e. The number of carbonyl (C=O) groups is 1. The summed E-state index contributed by atoms with van der Waals surface area (Å²) >= 11 is 0. The fourth-order valence-electron chi connectivity index (χ4n) is 2.09. The molecule has 0 bridgehead atoms. The number of hydrogen-bond donors (Lipinski definition) is 1. The second-order valence-electron chi connectivity index (χ2n) is 5.81. The Hall–Kier alpha value is -2.82. The lowest BCUT2D eigenvalue weighted by Crippen LogP contribution is -2.17. The first-order valence-electron chi connectivity index (χ1n) is 8.41. The number of ether oxygens (including phenoxy) is 2. The van der Waals surface area contributed by atoms with Crippen LogP contribution in [0.3, 0.4) is 0 Å². The molecule has 2 rings (SSSR count). The Kier molecular flexibility index (Phi) is 7.01. The third kappa shape index (κ3) is 6.30. The minimum absolute atomic E-state index is 0.108. The molecule has 0 aliphatic rings. The van der Waals surface area contributed by atoms with Crippen molar-refractivity contribution in [3.8, 4) is 11.5 Å². The van der Waals surface area contributed by atoms with Gasteiger partial charge in [-0.3, -0.25) is 4.79 Å². The molecule has 0 fully saturated rings. The van der Waals surface area contributed by atoms with Crippen molar-refractivity contribution in [1.29, 1.82) is 0 Å². The van der Waals surface area contributed by atoms with E-state index in [1.165, 1.54) is 0 Å². The third-order valence-electron chi connectivity index (χ3n) is 3.20. The highest BCUT2D eigenvalue weighted by molar-refractivity contribution is 5.95. The summed E-state index contributed by atoms with van der Waals surface area (Å²) in [7, 11) is 0. The molecule has 2 aromatic carbocycles. The minimum Gasteiger partial charge on any atom is -0.494 e. The van der Waals surface area contributed by atoms with Crippen LogP contribution < -0.4 is 14.9 Å². The Labute approximate surface area is 148 Å². The molecule has 1 amide bonds. The average molecular weight is 340 g/mol. The van der Waals surface area contributed by atoms with Crippen LogP contribution in [0.4, 0.5) is 0 Å². The maximum absolute atomic E-state index is 12.1. The van der Waals surface area contributed by atoms with Crippen LogP contribution in [0.2, 0.25) is 0 Å². The van der Waals surface area contributed by atoms with E-state index in [9.17, 15) is 4.79 Å². The van der Waals surface area contributed by atoms with Crippen molar-refractivity contribution in [2.24, 2.45) is 5.10 Å². The molecule has 0 aromatic heterocycles. The van der Waals surface area contributed by atoms with Crippen molar-refractivity contribution in [2.75, 3.05) is 6.61 Å². The van der Waals surface area contributed by atoms with Crippen molar-refractivity contribution >= 4 is 12.1 Å². The van der Waals surface area contributed by atoms with Gasteiger partial charge in [0.1, 0.15) is 11.5 Å². The molecule has 0 heterocycles. The maximum atomic E-state index is 12.1. The number of amides is 1. The Morgan fingerprint density at radius 2 is 1.92 bits per heavy atom. The lowest BCUT2D eigenvalue weighted by Gasteiger charge is -2.09. The molecule has 5 nitrogen and oxygen atoms in total. The molecular weight excluding hydrogens is 316 g/mol. The zero-order valence-corrected chi connectivity index (χ0v) is 14.9. The molecule has 0 radical (unpaired) electrons. The average Bonchev–Trinajstić information content (AvgIpc) is 2.60. The van der Waals surface area contributed by atoms with Gasteiger partial charge in [0.05, 0.1) is 18.9 Å². The van der Waals surface area contributed by atoms with Gasteiger partial charge in [-0.15, -0.1) is 0 Å². The predicted molar refractivity (Wildman–Crippen MR) is 99.5 cm³/mol. The van der Waals surface area contributed by atoms with Gasteiger partial charge in [-0.25, -0.2) is 5.43 Å². The summed E-state index contributed by atoms with van der Waals surface area (Å²) in [5.74, 6) is 1.25. The quantitative estimate of drug-likeness (QED) is 0.583. The molecule has 0 aliphatic carbocycles. The van der Waals surface area contributed by atoms with E-state index in [0.29, 0.717) is 12.2 Å². The number of hydrogen-bond acceptors (Lipinski definition) is 4. The van der Waals surface area contributed by atoms with E-state index in [2.05, 4.69) is 10.5 Å². The number of nitrogens with one attached hydrogen (secondary N) is 1. The maximum Gasteiger partial charge on any atom is 0.271 e. The number of rotatable bonds is 8. The summed E-state index contributed by atoms with van der Waals surface area (Å²) in [4.78, 5) is 12.1. The fraction of sp³-hybridized carbons (Fsp3) is 0.300. The van der Waals surface area contributed by atoms with E-state index < -0.39 is 0 Å². The Balaban J connectivity index is 1.91. The number of carbonyl (C=O) groups excluding carboxylic acids is 1. The molecule has 1 N–H and O–H groups in total. The van der Waals surface area contributed by atoms with Crippen LogP contribution in [-0.4, -0.2) is 24.8 Å². The second-order valence-corrected chi connectivity index (χ2v) is 5.81. The van der Waals surface area contributed by atoms with Crippen molar-refractivity contribution in [1.82, 2.24) is 5.43 Å². The first-order chi connectivity index (χ1) is 12.1. The van der Waals surface area contributed by atoms with Gasteiger partial charge < -0.3 is 9.47 Å². The zero-order chi connectivity index (χ0) is 18.1. The molecule has 132 valence electrons. The van der Waals surface area contributed by atoms with Crippen molar-refractivity contribution in [3.63, 3.8) is 0 Å². The summed E-state index contributed by atoms with van der Waals surface area (Å²) in [6, 6.07) is 14.5. The molecule has 0 spiro atoms. The van der Waals surface area contributed by atoms with Gasteiger partial charge in [0, 0.05) is 5.56 Å². The van der Waals surface area contributed by atoms with Crippen LogP contribution in [-0.2, 0) is 0 Å². The summed E-state index contributed by atoms with van der Waals surface area (Å²) < 4.78 is 11.1. The van der Waals surface area contributed by atoms with E-state index in [1.807, 2.05) is 45.0 Å². The first-order valence-corrected chi connectivity index (χ1v) is 8.41. The van der Waals surface area contributed by atoms with Crippen LogP contribution in [0.15, 0.2) is 53.6 Å². The van der Waals surface area contributed by atoms with Crippen LogP contribution >= 0.6 is 0 Å². The molecule has 0 saturated carbocycles. The summed E-state index contributed by atoms with van der Waals surface area (Å²) in [5.41, 5.74) is 3.89. The van der Waals surface area contributed by atoms with Crippen molar-refractivity contribution < 1.29 is 14.3 Å². The highest BCUT2D eigenvalue weighted by Gasteiger charge is 2.04. The van der Waals surface area contributed by atoms with Gasteiger partial charge in [0.15, 0.2) is 0 Å². The molecular formula is C20H24N2O3. The van der Waals surface area contributed by atoms with Crippen LogP contribution in [0.25, 0.3) is 0 Å². The predicted octanol–water partition coefficient (Wildman–Crippen LogP) is 4.03. The topological polar surface area (TPSA) is 59.9 Å².